The molecule has 0 saturated carbocycles. The van der Waals surface area contributed by atoms with Crippen molar-refractivity contribution in [2.75, 3.05) is 13.2 Å². The Hall–Kier alpha value is 0.0300. The second-order valence-electron chi connectivity index (χ2n) is 3.32. The lowest BCUT2D eigenvalue weighted by Gasteiger charge is -2.18. The van der Waals surface area contributed by atoms with Gasteiger partial charge in [0.2, 0.25) is 0 Å². The van der Waals surface area contributed by atoms with Gasteiger partial charge in [0, 0.05) is 0 Å². The Labute approximate surface area is 120 Å². The SMILES string of the molecule is CCOP(=S)(OCC)Sc1nc2ccccc2s1. The summed E-state index contributed by atoms with van der Waals surface area (Å²) in [4.78, 5) is 4.54. The second kappa shape index (κ2) is 6.46. The summed E-state index contributed by atoms with van der Waals surface area (Å²) in [5, 5.41) is 0. The number of hydrogen-bond donors (Lipinski definition) is 0. The van der Waals surface area contributed by atoms with E-state index in [0.29, 0.717) is 13.2 Å². The minimum absolute atomic E-state index is 0.565. The molecule has 0 radical (unpaired) electrons. The van der Waals surface area contributed by atoms with Crippen LogP contribution in [-0.2, 0) is 20.9 Å². The van der Waals surface area contributed by atoms with Gasteiger partial charge in [-0.1, -0.05) is 12.1 Å². The highest BCUT2D eigenvalue weighted by atomic mass is 32.9. The highest BCUT2D eigenvalue weighted by Crippen LogP contribution is 2.64. The molecular formula is C11H14NO2PS3. The van der Waals surface area contributed by atoms with Gasteiger partial charge in [-0.3, -0.25) is 0 Å². The summed E-state index contributed by atoms with van der Waals surface area (Å²) in [7, 11) is 0. The van der Waals surface area contributed by atoms with E-state index < -0.39 is 5.69 Å². The molecule has 0 amide bonds. The fourth-order valence-corrected chi connectivity index (χ4v) is 8.21. The molecule has 0 spiro atoms. The third-order valence-electron chi connectivity index (χ3n) is 2.04. The van der Waals surface area contributed by atoms with E-state index in [4.69, 9.17) is 20.9 Å². The van der Waals surface area contributed by atoms with Crippen LogP contribution < -0.4 is 0 Å². The van der Waals surface area contributed by atoms with Gasteiger partial charge >= 0.3 is 0 Å². The summed E-state index contributed by atoms with van der Waals surface area (Å²) >= 11 is 8.57. The first kappa shape index (κ1) is 14.4. The molecule has 98 valence electrons. The molecule has 0 aliphatic carbocycles. The zero-order valence-corrected chi connectivity index (χ0v) is 13.5. The summed E-state index contributed by atoms with van der Waals surface area (Å²) in [6.07, 6.45) is 0. The monoisotopic (exact) mass is 319 g/mol. The van der Waals surface area contributed by atoms with Crippen molar-refractivity contribution in [2.24, 2.45) is 0 Å². The molecule has 1 aromatic heterocycles. The van der Waals surface area contributed by atoms with Crippen LogP contribution in [0.1, 0.15) is 13.8 Å². The molecule has 1 aromatic carbocycles. The normalized spacial score (nSPS) is 12.1. The number of thiazole rings is 1. The van der Waals surface area contributed by atoms with Crippen LogP contribution in [0.2, 0.25) is 0 Å². The molecule has 18 heavy (non-hydrogen) atoms. The van der Waals surface area contributed by atoms with Crippen LogP contribution >= 0.6 is 28.4 Å². The van der Waals surface area contributed by atoms with Crippen molar-refractivity contribution in [1.29, 1.82) is 0 Å². The van der Waals surface area contributed by atoms with Crippen LogP contribution in [-0.4, -0.2) is 18.2 Å². The molecule has 3 nitrogen and oxygen atoms in total. The van der Waals surface area contributed by atoms with E-state index in [1.807, 2.05) is 32.0 Å². The van der Waals surface area contributed by atoms with Crippen LogP contribution in [0.4, 0.5) is 0 Å². The summed E-state index contributed by atoms with van der Waals surface area (Å²) in [6.45, 7) is 4.99. The quantitative estimate of drug-likeness (QED) is 0.721. The summed E-state index contributed by atoms with van der Waals surface area (Å²) in [6, 6.07) is 8.05. The molecule has 0 saturated heterocycles. The molecule has 1 heterocycles. The molecule has 7 heteroatoms. The number of hydrogen-bond acceptors (Lipinski definition) is 6. The number of aromatic nitrogens is 1. The molecule has 0 bridgehead atoms. The van der Waals surface area contributed by atoms with Crippen LogP contribution in [0.15, 0.2) is 28.6 Å². The van der Waals surface area contributed by atoms with Crippen LogP contribution in [0.25, 0.3) is 10.2 Å². The molecule has 0 aliphatic heterocycles. The predicted molar refractivity (Wildman–Crippen MR) is 83.0 cm³/mol. The summed E-state index contributed by atoms with van der Waals surface area (Å²) in [5.74, 6) is 0. The second-order valence-corrected chi connectivity index (χ2v) is 10.7. The third kappa shape index (κ3) is 3.53. The average Bonchev–Trinajstić information content (AvgIpc) is 2.70. The van der Waals surface area contributed by atoms with Crippen molar-refractivity contribution in [3.8, 4) is 0 Å². The third-order valence-corrected chi connectivity index (χ3v) is 8.49. The van der Waals surface area contributed by atoms with Gasteiger partial charge in [0.25, 0.3) is 5.69 Å². The van der Waals surface area contributed by atoms with Gasteiger partial charge in [-0.15, -0.1) is 11.3 Å². The van der Waals surface area contributed by atoms with Crippen LogP contribution in [0.3, 0.4) is 0 Å². The van der Waals surface area contributed by atoms with Crippen molar-refractivity contribution >= 4 is 50.4 Å². The molecule has 0 unspecified atom stereocenters. The number of nitrogens with zero attached hydrogens (tertiary/aromatic N) is 1. The van der Waals surface area contributed by atoms with E-state index >= 15 is 0 Å². The Bertz CT molecular complexity index is 529. The van der Waals surface area contributed by atoms with Gasteiger partial charge < -0.3 is 9.05 Å². The van der Waals surface area contributed by atoms with Crippen molar-refractivity contribution in [1.82, 2.24) is 4.98 Å². The molecule has 0 atom stereocenters. The van der Waals surface area contributed by atoms with Gasteiger partial charge in [0.05, 0.1) is 23.4 Å². The molecule has 0 N–H and O–H groups in total. The maximum absolute atomic E-state index is 5.60. The van der Waals surface area contributed by atoms with E-state index in [1.54, 1.807) is 11.3 Å². The zero-order valence-electron chi connectivity index (χ0n) is 10.2. The average molecular weight is 319 g/mol. The first-order valence-corrected chi connectivity index (χ1v) is 10.5. The Morgan fingerprint density at radius 1 is 1.28 bits per heavy atom. The number of fused-ring (bicyclic) bond motifs is 1. The zero-order chi connectivity index (χ0) is 13.0. The van der Waals surface area contributed by atoms with E-state index in [0.717, 1.165) is 14.6 Å². The largest absolute Gasteiger partial charge is 0.322 e. The first-order chi connectivity index (χ1) is 8.67. The topological polar surface area (TPSA) is 31.4 Å². The van der Waals surface area contributed by atoms with Gasteiger partial charge in [0.15, 0.2) is 4.34 Å². The van der Waals surface area contributed by atoms with E-state index in [-0.39, 0.29) is 0 Å². The molecule has 0 aliphatic rings. The van der Waals surface area contributed by atoms with Crippen molar-refractivity contribution in [2.45, 2.75) is 18.2 Å². The smallest absolute Gasteiger partial charge is 0.254 e. The molecular weight excluding hydrogens is 305 g/mol. The lowest BCUT2D eigenvalue weighted by atomic mass is 10.3. The van der Waals surface area contributed by atoms with Crippen molar-refractivity contribution in [3.63, 3.8) is 0 Å². The standard InChI is InChI=1S/C11H14NO2PS3/c1-3-13-15(16,14-4-2)18-11-12-9-7-5-6-8-10(9)17-11/h5-8H,3-4H2,1-2H3. The summed E-state index contributed by atoms with van der Waals surface area (Å²) < 4.78 is 13.3. The van der Waals surface area contributed by atoms with Crippen LogP contribution in [0, 0.1) is 0 Å². The molecule has 2 rings (SSSR count). The van der Waals surface area contributed by atoms with Crippen molar-refractivity contribution < 1.29 is 9.05 Å². The predicted octanol–water partition coefficient (Wildman–Crippen LogP) is 4.69. The Morgan fingerprint density at radius 2 is 1.94 bits per heavy atom. The maximum atomic E-state index is 5.60. The highest BCUT2D eigenvalue weighted by Gasteiger charge is 2.22. The van der Waals surface area contributed by atoms with E-state index in [2.05, 4.69) is 11.1 Å². The summed E-state index contributed by atoms with van der Waals surface area (Å²) in [5.41, 5.74) is -1.30. The van der Waals surface area contributed by atoms with E-state index in [1.165, 1.54) is 11.4 Å². The molecule has 0 fully saturated rings. The van der Waals surface area contributed by atoms with Crippen molar-refractivity contribution in [3.05, 3.63) is 24.3 Å². The number of rotatable bonds is 6. The minimum Gasteiger partial charge on any atom is -0.322 e. The highest BCUT2D eigenvalue weighted by molar-refractivity contribution is 8.68. The molecule has 2 aromatic rings. The lowest BCUT2D eigenvalue weighted by molar-refractivity contribution is 0.280. The fraction of sp³-hybridized carbons (Fsp3) is 0.364. The maximum Gasteiger partial charge on any atom is 0.254 e. The Balaban J connectivity index is 2.23. The van der Waals surface area contributed by atoms with Gasteiger partial charge in [-0.25, -0.2) is 4.98 Å². The first-order valence-electron chi connectivity index (χ1n) is 5.61. The fourth-order valence-electron chi connectivity index (χ4n) is 1.39. The Morgan fingerprint density at radius 3 is 2.56 bits per heavy atom. The van der Waals surface area contributed by atoms with Crippen LogP contribution in [0.5, 0.6) is 0 Å². The van der Waals surface area contributed by atoms with Gasteiger partial charge in [-0.05, 0) is 49.2 Å². The lowest BCUT2D eigenvalue weighted by Crippen LogP contribution is -1.91. The Kier molecular flexibility index (Phi) is 5.18. The minimum atomic E-state index is -2.30. The van der Waals surface area contributed by atoms with Gasteiger partial charge in [-0.2, -0.15) is 0 Å². The number of benzene rings is 1. The van der Waals surface area contributed by atoms with E-state index in [9.17, 15) is 0 Å². The van der Waals surface area contributed by atoms with Gasteiger partial charge in [0.1, 0.15) is 0 Å². The number of para-hydroxylation sites is 1.